The third kappa shape index (κ3) is 4.94. The minimum Gasteiger partial charge on any atom is -0.332 e. The lowest BCUT2D eigenvalue weighted by Gasteiger charge is -2.09. The van der Waals surface area contributed by atoms with Crippen LogP contribution in [0.3, 0.4) is 0 Å². The Morgan fingerprint density at radius 2 is 1.87 bits per heavy atom. The number of thiophene rings is 1. The number of benzene rings is 1. The molecule has 0 fully saturated rings. The summed E-state index contributed by atoms with van der Waals surface area (Å²) in [5.74, 6) is -0.706. The molecule has 7 nitrogen and oxygen atoms in total. The predicted molar refractivity (Wildman–Crippen MR) is 124 cm³/mol. The summed E-state index contributed by atoms with van der Waals surface area (Å²) in [6, 6.07) is 9.04. The molecule has 0 unspecified atom stereocenters. The Labute approximate surface area is 188 Å². The van der Waals surface area contributed by atoms with Crippen LogP contribution in [0.2, 0.25) is 0 Å². The lowest BCUT2D eigenvalue weighted by molar-refractivity contribution is -0.122. The van der Waals surface area contributed by atoms with Crippen LogP contribution in [-0.2, 0) is 24.2 Å². The first-order chi connectivity index (χ1) is 15.0. The van der Waals surface area contributed by atoms with Gasteiger partial charge in [0, 0.05) is 17.8 Å². The van der Waals surface area contributed by atoms with Gasteiger partial charge in [-0.05, 0) is 61.7 Å². The highest BCUT2D eigenvalue weighted by Crippen LogP contribution is 2.28. The van der Waals surface area contributed by atoms with E-state index in [4.69, 9.17) is 12.2 Å². The molecule has 31 heavy (non-hydrogen) atoms. The molecule has 4 rings (SSSR count). The Morgan fingerprint density at radius 1 is 1.10 bits per heavy atom. The number of hydrazine groups is 1. The second-order valence-corrected chi connectivity index (χ2v) is 9.18. The van der Waals surface area contributed by atoms with Crippen LogP contribution in [0.15, 0.2) is 35.1 Å². The second-order valence-electron chi connectivity index (χ2n) is 7.66. The number of para-hydroxylation sites is 1. The molecule has 1 aromatic carbocycles. The highest BCUT2D eigenvalue weighted by molar-refractivity contribution is 7.71. The summed E-state index contributed by atoms with van der Waals surface area (Å²) in [6.45, 7) is 0.119. The first kappa shape index (κ1) is 21.5. The number of nitrogens with one attached hydrogen (secondary N) is 3. The van der Waals surface area contributed by atoms with E-state index in [1.807, 2.05) is 12.1 Å². The Morgan fingerprint density at radius 3 is 2.71 bits per heavy atom. The van der Waals surface area contributed by atoms with E-state index in [1.54, 1.807) is 18.2 Å². The van der Waals surface area contributed by atoms with Crippen LogP contribution >= 0.6 is 23.6 Å². The average molecular weight is 457 g/mol. The van der Waals surface area contributed by atoms with E-state index in [-0.39, 0.29) is 29.2 Å². The van der Waals surface area contributed by atoms with Crippen LogP contribution in [0.4, 0.5) is 0 Å². The lowest BCUT2D eigenvalue weighted by Crippen LogP contribution is -2.42. The van der Waals surface area contributed by atoms with Crippen LogP contribution in [0, 0.1) is 4.77 Å². The number of nitrogens with zero attached hydrogens (tertiary/aromatic N) is 1. The van der Waals surface area contributed by atoms with Crippen molar-refractivity contribution >= 4 is 46.3 Å². The van der Waals surface area contributed by atoms with Gasteiger partial charge in [-0.2, -0.15) is 0 Å². The SMILES string of the molecule is O=C(CCn1c(=S)[nH]c2ccccc2c1=O)NNC(=O)c1cc2c(s1)CCCCCC2. The summed E-state index contributed by atoms with van der Waals surface area (Å²) in [5.41, 5.74) is 6.60. The molecule has 3 N–H and O–H groups in total. The molecule has 0 atom stereocenters. The van der Waals surface area contributed by atoms with Crippen LogP contribution in [0.1, 0.15) is 52.2 Å². The van der Waals surface area contributed by atoms with Crippen molar-refractivity contribution in [3.63, 3.8) is 0 Å². The summed E-state index contributed by atoms with van der Waals surface area (Å²) in [5, 5.41) is 0.512. The molecule has 2 heterocycles. The van der Waals surface area contributed by atoms with Crippen molar-refractivity contribution in [1.82, 2.24) is 20.4 Å². The molecular weight excluding hydrogens is 432 g/mol. The fourth-order valence-electron chi connectivity index (χ4n) is 3.82. The number of fused-ring (bicyclic) bond motifs is 2. The number of carbonyl (C=O) groups excluding carboxylic acids is 2. The van der Waals surface area contributed by atoms with Gasteiger partial charge in [-0.3, -0.25) is 29.8 Å². The summed E-state index contributed by atoms with van der Waals surface area (Å²) in [6.07, 6.45) is 6.81. The normalized spacial score (nSPS) is 13.8. The monoisotopic (exact) mass is 456 g/mol. The van der Waals surface area contributed by atoms with Crippen molar-refractivity contribution in [3.8, 4) is 0 Å². The van der Waals surface area contributed by atoms with E-state index in [9.17, 15) is 14.4 Å². The van der Waals surface area contributed by atoms with Crippen LogP contribution < -0.4 is 16.4 Å². The maximum Gasteiger partial charge on any atom is 0.279 e. The number of carbonyl (C=O) groups is 2. The highest BCUT2D eigenvalue weighted by atomic mass is 32.1. The van der Waals surface area contributed by atoms with Crippen molar-refractivity contribution in [1.29, 1.82) is 0 Å². The van der Waals surface area contributed by atoms with Gasteiger partial charge in [-0.1, -0.05) is 25.0 Å². The topological polar surface area (TPSA) is 96.0 Å². The van der Waals surface area contributed by atoms with Crippen LogP contribution in [0.5, 0.6) is 0 Å². The van der Waals surface area contributed by atoms with E-state index in [2.05, 4.69) is 15.8 Å². The van der Waals surface area contributed by atoms with Crippen LogP contribution in [0.25, 0.3) is 10.9 Å². The minimum atomic E-state index is -0.391. The quantitative estimate of drug-likeness (QED) is 0.413. The van der Waals surface area contributed by atoms with Crippen molar-refractivity contribution in [2.75, 3.05) is 0 Å². The summed E-state index contributed by atoms with van der Waals surface area (Å²) < 4.78 is 1.62. The lowest BCUT2D eigenvalue weighted by atomic mass is 10.00. The second kappa shape index (κ2) is 9.57. The summed E-state index contributed by atoms with van der Waals surface area (Å²) in [4.78, 5) is 42.2. The van der Waals surface area contributed by atoms with Gasteiger partial charge in [0.2, 0.25) is 5.91 Å². The van der Waals surface area contributed by atoms with Gasteiger partial charge in [-0.25, -0.2) is 0 Å². The summed E-state index contributed by atoms with van der Waals surface area (Å²) in [7, 11) is 0. The van der Waals surface area contributed by atoms with E-state index in [0.29, 0.717) is 15.8 Å². The number of hydrogen-bond donors (Lipinski definition) is 3. The smallest absolute Gasteiger partial charge is 0.279 e. The zero-order valence-corrected chi connectivity index (χ0v) is 18.7. The Kier molecular flexibility index (Phi) is 6.62. The minimum absolute atomic E-state index is 0.0109. The van der Waals surface area contributed by atoms with Gasteiger partial charge < -0.3 is 4.98 Å². The van der Waals surface area contributed by atoms with Gasteiger partial charge in [0.15, 0.2) is 4.77 Å². The number of amides is 2. The molecule has 0 aliphatic heterocycles. The predicted octanol–water partition coefficient (Wildman–Crippen LogP) is 3.63. The molecule has 2 aromatic heterocycles. The number of aromatic nitrogens is 2. The highest BCUT2D eigenvalue weighted by Gasteiger charge is 2.16. The number of rotatable bonds is 4. The molecule has 162 valence electrons. The molecule has 0 radical (unpaired) electrons. The first-order valence-corrected chi connectivity index (χ1v) is 11.7. The first-order valence-electron chi connectivity index (χ1n) is 10.5. The van der Waals surface area contributed by atoms with E-state index >= 15 is 0 Å². The summed E-state index contributed by atoms with van der Waals surface area (Å²) >= 11 is 6.76. The zero-order chi connectivity index (χ0) is 21.8. The number of hydrogen-bond acceptors (Lipinski definition) is 5. The van der Waals surface area contributed by atoms with E-state index in [0.717, 1.165) is 25.7 Å². The van der Waals surface area contributed by atoms with Gasteiger partial charge in [0.05, 0.1) is 15.8 Å². The molecule has 2 amide bonds. The molecule has 1 aliphatic rings. The molecule has 1 aliphatic carbocycles. The third-order valence-electron chi connectivity index (χ3n) is 5.49. The Hall–Kier alpha value is -2.78. The molecule has 9 heteroatoms. The molecule has 0 saturated heterocycles. The number of aryl methyl sites for hydroxylation is 2. The molecule has 0 spiro atoms. The standard InChI is InChI=1S/C22H24N4O3S2/c27-19(11-12-26-21(29)15-8-5-6-9-16(15)23-22(26)30)24-25-20(28)18-13-14-7-3-1-2-4-10-17(14)31-18/h5-6,8-9,13H,1-4,7,10-12H2,(H,23,30)(H,24,27)(H,25,28). The van der Waals surface area contributed by atoms with Crippen molar-refractivity contribution in [2.24, 2.45) is 0 Å². The van der Waals surface area contributed by atoms with Gasteiger partial charge in [0.1, 0.15) is 0 Å². The van der Waals surface area contributed by atoms with E-state index < -0.39 is 5.91 Å². The fourth-order valence-corrected chi connectivity index (χ4v) is 5.26. The third-order valence-corrected chi connectivity index (χ3v) is 7.05. The largest absolute Gasteiger partial charge is 0.332 e. The molecule has 0 saturated carbocycles. The molecule has 3 aromatic rings. The fraction of sp³-hybridized carbons (Fsp3) is 0.364. The maximum absolute atomic E-state index is 12.6. The number of aromatic amines is 1. The average Bonchev–Trinajstić information content (AvgIpc) is 3.13. The van der Waals surface area contributed by atoms with Crippen LogP contribution in [-0.4, -0.2) is 21.4 Å². The Balaban J connectivity index is 1.35. The van der Waals surface area contributed by atoms with Gasteiger partial charge in [0.25, 0.3) is 11.5 Å². The van der Waals surface area contributed by atoms with E-state index in [1.165, 1.54) is 39.2 Å². The maximum atomic E-state index is 12.6. The van der Waals surface area contributed by atoms with Crippen molar-refractivity contribution < 1.29 is 9.59 Å². The molecule has 0 bridgehead atoms. The number of H-pyrrole nitrogens is 1. The van der Waals surface area contributed by atoms with Crippen molar-refractivity contribution in [3.05, 3.63) is 60.8 Å². The molecular formula is C22H24N4O3S2. The van der Waals surface area contributed by atoms with Crippen molar-refractivity contribution in [2.45, 2.75) is 51.5 Å². The Bertz CT molecular complexity index is 1220. The van der Waals surface area contributed by atoms with Gasteiger partial charge >= 0.3 is 0 Å². The van der Waals surface area contributed by atoms with Gasteiger partial charge in [-0.15, -0.1) is 11.3 Å². The zero-order valence-electron chi connectivity index (χ0n) is 17.0.